The lowest BCUT2D eigenvalue weighted by Gasteiger charge is -2.18. The molecule has 136 valence electrons. The summed E-state index contributed by atoms with van der Waals surface area (Å²) in [5, 5.41) is 4.00. The highest BCUT2D eigenvalue weighted by Crippen LogP contribution is 2.31. The predicted molar refractivity (Wildman–Crippen MR) is 104 cm³/mol. The van der Waals surface area contributed by atoms with Crippen LogP contribution in [-0.2, 0) is 11.2 Å². The SMILES string of the molecule is CCc1ccc(N2CC(c3cc(Cl)cc(Cl)c3)NC2=O)cc1NNC=O. The van der Waals surface area contributed by atoms with Crippen LogP contribution in [0.2, 0.25) is 10.0 Å². The number of nitrogens with zero attached hydrogens (tertiary/aromatic N) is 1. The van der Waals surface area contributed by atoms with Crippen molar-refractivity contribution in [2.75, 3.05) is 16.9 Å². The van der Waals surface area contributed by atoms with Crippen LogP contribution in [0.4, 0.5) is 16.2 Å². The van der Waals surface area contributed by atoms with Gasteiger partial charge in [0.15, 0.2) is 0 Å². The first-order valence-electron chi connectivity index (χ1n) is 8.14. The lowest BCUT2D eigenvalue weighted by molar-refractivity contribution is -0.109. The number of hydrogen-bond acceptors (Lipinski definition) is 3. The van der Waals surface area contributed by atoms with Gasteiger partial charge in [-0.1, -0.05) is 36.2 Å². The molecule has 1 aliphatic rings. The van der Waals surface area contributed by atoms with Gasteiger partial charge < -0.3 is 5.32 Å². The van der Waals surface area contributed by atoms with E-state index in [1.165, 1.54) is 0 Å². The molecule has 2 aromatic rings. The summed E-state index contributed by atoms with van der Waals surface area (Å²) in [4.78, 5) is 24.7. The van der Waals surface area contributed by atoms with Crippen molar-refractivity contribution in [1.29, 1.82) is 0 Å². The molecular weight excluding hydrogens is 375 g/mol. The number of benzene rings is 2. The standard InChI is InChI=1S/C18H18Cl2N4O2/c1-2-11-3-4-15(8-16(11)23-21-10-25)24-9-17(22-18(24)26)12-5-13(19)7-14(20)6-12/h3-8,10,17,23H,2,9H2,1H3,(H,21,25)(H,22,26). The average molecular weight is 393 g/mol. The van der Waals surface area contributed by atoms with Crippen molar-refractivity contribution in [2.45, 2.75) is 19.4 Å². The molecule has 3 amide bonds. The van der Waals surface area contributed by atoms with Gasteiger partial charge in [-0.15, -0.1) is 0 Å². The number of hydrogen-bond donors (Lipinski definition) is 3. The summed E-state index contributed by atoms with van der Waals surface area (Å²) in [6.45, 7) is 2.46. The molecule has 3 N–H and O–H groups in total. The van der Waals surface area contributed by atoms with E-state index in [2.05, 4.69) is 16.2 Å². The Morgan fingerprint density at radius 2 is 1.96 bits per heavy atom. The topological polar surface area (TPSA) is 73.5 Å². The smallest absolute Gasteiger partial charge is 0.322 e. The van der Waals surface area contributed by atoms with Gasteiger partial charge in [0, 0.05) is 15.7 Å². The second-order valence-corrected chi connectivity index (χ2v) is 6.77. The second kappa shape index (κ2) is 7.85. The molecule has 1 heterocycles. The molecule has 0 saturated carbocycles. The van der Waals surface area contributed by atoms with E-state index in [9.17, 15) is 9.59 Å². The molecule has 0 bridgehead atoms. The van der Waals surface area contributed by atoms with Gasteiger partial charge in [-0.25, -0.2) is 4.79 Å². The summed E-state index contributed by atoms with van der Waals surface area (Å²) in [5.41, 5.74) is 8.63. The van der Waals surface area contributed by atoms with Crippen LogP contribution in [-0.4, -0.2) is 19.0 Å². The lowest BCUT2D eigenvalue weighted by Crippen LogP contribution is -2.28. The number of amides is 3. The molecule has 26 heavy (non-hydrogen) atoms. The number of aryl methyl sites for hydroxylation is 1. The first-order valence-corrected chi connectivity index (χ1v) is 8.89. The number of halogens is 2. The van der Waals surface area contributed by atoms with Gasteiger partial charge in [0.25, 0.3) is 0 Å². The minimum atomic E-state index is -0.214. The van der Waals surface area contributed by atoms with Crippen LogP contribution in [0.5, 0.6) is 0 Å². The number of carbonyl (C=O) groups excluding carboxylic acids is 2. The number of anilines is 2. The maximum absolute atomic E-state index is 12.5. The molecule has 1 aliphatic heterocycles. The van der Waals surface area contributed by atoms with E-state index in [0.717, 1.165) is 28.9 Å². The third-order valence-electron chi connectivity index (χ3n) is 4.25. The highest BCUT2D eigenvalue weighted by molar-refractivity contribution is 6.34. The van der Waals surface area contributed by atoms with Crippen LogP contribution >= 0.6 is 23.2 Å². The number of carbonyl (C=O) groups is 2. The Kier molecular flexibility index (Phi) is 5.54. The summed E-state index contributed by atoms with van der Waals surface area (Å²) in [5.74, 6) is 0. The fourth-order valence-corrected chi connectivity index (χ4v) is 3.53. The molecular formula is C18H18Cl2N4O2. The number of nitrogens with one attached hydrogen (secondary N) is 3. The van der Waals surface area contributed by atoms with Crippen molar-refractivity contribution in [3.63, 3.8) is 0 Å². The molecule has 1 fully saturated rings. The molecule has 8 heteroatoms. The van der Waals surface area contributed by atoms with Gasteiger partial charge >= 0.3 is 6.03 Å². The zero-order valence-corrected chi connectivity index (χ0v) is 15.6. The molecule has 3 rings (SSSR count). The van der Waals surface area contributed by atoms with Crippen molar-refractivity contribution in [2.24, 2.45) is 0 Å². The normalized spacial score (nSPS) is 16.3. The fourth-order valence-electron chi connectivity index (χ4n) is 2.99. The quantitative estimate of drug-likeness (QED) is 0.515. The summed E-state index contributed by atoms with van der Waals surface area (Å²) in [6.07, 6.45) is 1.35. The van der Waals surface area contributed by atoms with Gasteiger partial charge in [-0.3, -0.25) is 20.5 Å². The van der Waals surface area contributed by atoms with Gasteiger partial charge in [0.2, 0.25) is 6.41 Å². The Hall–Kier alpha value is -2.44. The van der Waals surface area contributed by atoms with E-state index < -0.39 is 0 Å². The van der Waals surface area contributed by atoms with Crippen LogP contribution in [0, 0.1) is 0 Å². The van der Waals surface area contributed by atoms with E-state index in [0.29, 0.717) is 23.0 Å². The molecule has 2 aromatic carbocycles. The van der Waals surface area contributed by atoms with Gasteiger partial charge in [0.05, 0.1) is 18.3 Å². The monoisotopic (exact) mass is 392 g/mol. The fraction of sp³-hybridized carbons (Fsp3) is 0.222. The molecule has 0 aliphatic carbocycles. The van der Waals surface area contributed by atoms with Gasteiger partial charge in [-0.2, -0.15) is 0 Å². The molecule has 1 unspecified atom stereocenters. The third-order valence-corrected chi connectivity index (χ3v) is 4.68. The van der Waals surface area contributed by atoms with Gasteiger partial charge in [-0.05, 0) is 47.9 Å². The minimum Gasteiger partial charge on any atom is -0.329 e. The van der Waals surface area contributed by atoms with Gasteiger partial charge in [0.1, 0.15) is 0 Å². The van der Waals surface area contributed by atoms with Crippen molar-refractivity contribution in [1.82, 2.24) is 10.7 Å². The van der Waals surface area contributed by atoms with Crippen molar-refractivity contribution in [3.05, 3.63) is 57.6 Å². The Bertz CT molecular complexity index is 824. The van der Waals surface area contributed by atoms with Crippen molar-refractivity contribution < 1.29 is 9.59 Å². The van der Waals surface area contributed by atoms with E-state index in [1.54, 1.807) is 23.1 Å². The predicted octanol–water partition coefficient (Wildman–Crippen LogP) is 3.90. The second-order valence-electron chi connectivity index (χ2n) is 5.90. The molecule has 1 atom stereocenters. The molecule has 0 aromatic heterocycles. The van der Waals surface area contributed by atoms with Crippen LogP contribution < -0.4 is 21.1 Å². The third kappa shape index (κ3) is 3.86. The summed E-state index contributed by atoms with van der Waals surface area (Å²) >= 11 is 12.1. The average Bonchev–Trinajstić information content (AvgIpc) is 3.00. The first kappa shape index (κ1) is 18.4. The minimum absolute atomic E-state index is 0.204. The number of hydrazine groups is 1. The lowest BCUT2D eigenvalue weighted by atomic mass is 10.1. The Labute approximate surface area is 161 Å². The maximum Gasteiger partial charge on any atom is 0.322 e. The van der Waals surface area contributed by atoms with Crippen molar-refractivity contribution in [3.8, 4) is 0 Å². The zero-order chi connectivity index (χ0) is 18.7. The summed E-state index contributed by atoms with van der Waals surface area (Å²) in [7, 11) is 0. The van der Waals surface area contributed by atoms with Crippen LogP contribution in [0.15, 0.2) is 36.4 Å². The van der Waals surface area contributed by atoms with Crippen LogP contribution in [0.25, 0.3) is 0 Å². The summed E-state index contributed by atoms with van der Waals surface area (Å²) in [6, 6.07) is 10.5. The molecule has 1 saturated heterocycles. The van der Waals surface area contributed by atoms with E-state index in [4.69, 9.17) is 23.2 Å². The first-order chi connectivity index (χ1) is 12.5. The van der Waals surface area contributed by atoms with E-state index in [1.807, 2.05) is 25.1 Å². The highest BCUT2D eigenvalue weighted by atomic mass is 35.5. The van der Waals surface area contributed by atoms with Crippen LogP contribution in [0.1, 0.15) is 24.1 Å². The Balaban J connectivity index is 1.85. The van der Waals surface area contributed by atoms with E-state index in [-0.39, 0.29) is 12.1 Å². The molecule has 0 radical (unpaired) electrons. The van der Waals surface area contributed by atoms with Crippen LogP contribution in [0.3, 0.4) is 0 Å². The summed E-state index contributed by atoms with van der Waals surface area (Å²) < 4.78 is 0. The molecule has 0 spiro atoms. The molecule has 6 nitrogen and oxygen atoms in total. The maximum atomic E-state index is 12.5. The highest BCUT2D eigenvalue weighted by Gasteiger charge is 2.31. The number of urea groups is 1. The Morgan fingerprint density at radius 1 is 1.23 bits per heavy atom. The largest absolute Gasteiger partial charge is 0.329 e. The van der Waals surface area contributed by atoms with E-state index >= 15 is 0 Å². The van der Waals surface area contributed by atoms with Crippen molar-refractivity contribution >= 4 is 47.0 Å². The Morgan fingerprint density at radius 3 is 2.62 bits per heavy atom. The number of rotatable bonds is 6. The zero-order valence-electron chi connectivity index (χ0n) is 14.1.